The maximum Gasteiger partial charge on any atom is 0.234 e. The van der Waals surface area contributed by atoms with E-state index in [1.54, 1.807) is 18.3 Å². The summed E-state index contributed by atoms with van der Waals surface area (Å²) < 4.78 is 0. The van der Waals surface area contributed by atoms with Crippen LogP contribution in [0.5, 0.6) is 5.75 Å². The van der Waals surface area contributed by atoms with Gasteiger partial charge in [0.1, 0.15) is 5.75 Å². The van der Waals surface area contributed by atoms with Crippen molar-refractivity contribution in [3.63, 3.8) is 0 Å². The first-order chi connectivity index (χ1) is 19.4. The lowest BCUT2D eigenvalue weighted by Gasteiger charge is -2.36. The molecular formula is C32H34N2O5S. The molecule has 5 rings (SSSR count). The maximum atomic E-state index is 13.5. The van der Waals surface area contributed by atoms with E-state index in [2.05, 4.69) is 4.98 Å². The normalized spacial score (nSPS) is 22.1. The fraction of sp³-hybridized carbons (Fsp3) is 0.344. The van der Waals surface area contributed by atoms with Gasteiger partial charge in [-0.25, -0.2) is 0 Å². The Morgan fingerprint density at radius 3 is 2.58 bits per heavy atom. The predicted molar refractivity (Wildman–Crippen MR) is 155 cm³/mol. The molecule has 3 N–H and O–H groups in total. The van der Waals surface area contributed by atoms with Crippen LogP contribution in [0.1, 0.15) is 48.7 Å². The molecule has 0 bridgehead atoms. The average Bonchev–Trinajstić information content (AvgIpc) is 3.58. The molecule has 3 heterocycles. The third-order valence-electron chi connectivity index (χ3n) is 8.07. The highest BCUT2D eigenvalue weighted by Crippen LogP contribution is 2.47. The van der Waals surface area contributed by atoms with Crippen molar-refractivity contribution in [3.8, 4) is 5.75 Å². The maximum absolute atomic E-state index is 13.5. The van der Waals surface area contributed by atoms with Gasteiger partial charge in [-0.3, -0.25) is 19.5 Å². The summed E-state index contributed by atoms with van der Waals surface area (Å²) in [4.78, 5) is 33.7. The summed E-state index contributed by atoms with van der Waals surface area (Å²) in [6.45, 7) is 1.93. The van der Waals surface area contributed by atoms with Crippen molar-refractivity contribution in [1.82, 2.24) is 9.88 Å². The number of carbonyl (C=O) groups is 2. The van der Waals surface area contributed by atoms with Crippen LogP contribution in [0.15, 0.2) is 77.3 Å². The Labute approximate surface area is 238 Å². The van der Waals surface area contributed by atoms with Gasteiger partial charge in [-0.1, -0.05) is 36.8 Å². The fourth-order valence-corrected chi connectivity index (χ4v) is 6.82. The topological polar surface area (TPSA) is 111 Å². The van der Waals surface area contributed by atoms with Gasteiger partial charge in [0, 0.05) is 17.0 Å². The molecule has 2 aromatic heterocycles. The number of benzene rings is 1. The number of amides is 2. The molecule has 1 aromatic carbocycles. The number of pyridine rings is 1. The molecule has 2 aliphatic rings. The highest BCUT2D eigenvalue weighted by Gasteiger charge is 2.54. The second-order valence-corrected chi connectivity index (χ2v) is 11.4. The molecular weight excluding hydrogens is 524 g/mol. The van der Waals surface area contributed by atoms with Gasteiger partial charge in [-0.2, -0.15) is 0 Å². The Morgan fingerprint density at radius 1 is 1.12 bits per heavy atom. The monoisotopic (exact) mass is 558 g/mol. The molecule has 40 heavy (non-hydrogen) atoms. The number of fused-ring (bicyclic) bond motifs is 1. The lowest BCUT2D eigenvalue weighted by atomic mass is 9.67. The Balaban J connectivity index is 1.39. The Morgan fingerprint density at radius 2 is 1.93 bits per heavy atom. The second kappa shape index (κ2) is 12.3. The molecule has 8 heteroatoms. The Bertz CT molecular complexity index is 1400. The Kier molecular flexibility index (Phi) is 8.59. The van der Waals surface area contributed by atoms with E-state index in [-0.39, 0.29) is 30.7 Å². The number of aromatic hydroxyl groups is 1. The number of phenols is 1. The van der Waals surface area contributed by atoms with Crippen molar-refractivity contribution in [2.45, 2.75) is 45.3 Å². The minimum absolute atomic E-state index is 0.185. The molecule has 4 atom stereocenters. The summed E-state index contributed by atoms with van der Waals surface area (Å²) in [7, 11) is 0. The van der Waals surface area contributed by atoms with Crippen LogP contribution in [0.25, 0.3) is 11.6 Å². The molecule has 3 aromatic rings. The van der Waals surface area contributed by atoms with Gasteiger partial charge in [0.2, 0.25) is 11.8 Å². The molecule has 0 spiro atoms. The molecule has 1 aliphatic heterocycles. The van der Waals surface area contributed by atoms with Crippen LogP contribution in [0, 0.1) is 17.8 Å². The van der Waals surface area contributed by atoms with E-state index in [1.165, 1.54) is 16.2 Å². The van der Waals surface area contributed by atoms with Crippen LogP contribution in [-0.4, -0.2) is 49.7 Å². The number of thiophene rings is 1. The van der Waals surface area contributed by atoms with Crippen LogP contribution in [-0.2, 0) is 16.1 Å². The average molecular weight is 559 g/mol. The van der Waals surface area contributed by atoms with Gasteiger partial charge < -0.3 is 15.3 Å². The van der Waals surface area contributed by atoms with Crippen LogP contribution in [0.4, 0.5) is 0 Å². The number of aromatic nitrogens is 1. The zero-order valence-electron chi connectivity index (χ0n) is 22.4. The van der Waals surface area contributed by atoms with Crippen molar-refractivity contribution < 1.29 is 24.9 Å². The molecule has 0 saturated carbocycles. The highest BCUT2D eigenvalue weighted by molar-refractivity contribution is 7.09. The first-order valence-electron chi connectivity index (χ1n) is 13.7. The van der Waals surface area contributed by atoms with Crippen LogP contribution >= 0.6 is 11.3 Å². The van der Waals surface area contributed by atoms with Crippen molar-refractivity contribution >= 4 is 34.8 Å². The molecule has 0 radical (unpaired) electrons. The lowest BCUT2D eigenvalue weighted by Crippen LogP contribution is -2.39. The van der Waals surface area contributed by atoms with Gasteiger partial charge in [0.25, 0.3) is 0 Å². The van der Waals surface area contributed by atoms with Crippen LogP contribution < -0.4 is 0 Å². The van der Waals surface area contributed by atoms with E-state index >= 15 is 0 Å². The zero-order chi connectivity index (χ0) is 28.2. The molecule has 0 unspecified atom stereocenters. The summed E-state index contributed by atoms with van der Waals surface area (Å²) >= 11 is 1.50. The molecule has 7 nitrogen and oxygen atoms in total. The first-order valence-corrected chi connectivity index (χ1v) is 14.6. The number of imide groups is 1. The largest absolute Gasteiger partial charge is 0.508 e. The van der Waals surface area contributed by atoms with E-state index in [0.29, 0.717) is 31.3 Å². The number of aliphatic hydroxyl groups is 2. The third-order valence-corrected chi connectivity index (χ3v) is 8.93. The third kappa shape index (κ3) is 5.66. The zero-order valence-corrected chi connectivity index (χ0v) is 23.3. The van der Waals surface area contributed by atoms with Crippen molar-refractivity contribution in [2.75, 3.05) is 6.61 Å². The number of hydrogen-bond acceptors (Lipinski definition) is 7. The summed E-state index contributed by atoms with van der Waals surface area (Å²) in [6, 6.07) is 16.4. The minimum Gasteiger partial charge on any atom is -0.508 e. The smallest absolute Gasteiger partial charge is 0.234 e. The van der Waals surface area contributed by atoms with Gasteiger partial charge in [-0.05, 0) is 84.2 Å². The van der Waals surface area contributed by atoms with Gasteiger partial charge in [0.05, 0.1) is 36.8 Å². The fourth-order valence-electron chi connectivity index (χ4n) is 6.12. The summed E-state index contributed by atoms with van der Waals surface area (Å²) in [6.07, 6.45) is 4.76. The van der Waals surface area contributed by atoms with Gasteiger partial charge in [0.15, 0.2) is 0 Å². The number of rotatable bonds is 10. The van der Waals surface area contributed by atoms with Crippen molar-refractivity contribution in [3.05, 3.63) is 93.5 Å². The lowest BCUT2D eigenvalue weighted by molar-refractivity contribution is -0.140. The number of likely N-dealkylation sites (tertiary alicyclic amines) is 1. The number of aliphatic hydroxyl groups excluding tert-OH is 2. The Hall–Kier alpha value is -3.59. The van der Waals surface area contributed by atoms with Crippen LogP contribution in [0.2, 0.25) is 0 Å². The number of allylic oxidation sites excluding steroid dienone is 2. The number of phenolic OH excluding ortho intramolecular Hbond substituents is 1. The number of hydrogen-bond donors (Lipinski definition) is 3. The standard InChI is InChI=1S/C32H34N2O5S/c1-2-21-17-25-30(32(39)34(31(25)38)18-24-6-5-15-40-24)26(19-35)29(21)28(37)13-10-22(27-7-3-4-14-33-27)16-20-8-11-23(36)12-9-20/h3-9,11-12,14-16,25-26,28,30,35-37H,2,10,13,17-19H2,1H3/b22-16-/t25-,26+,28-,30-/m1/s1. The number of nitrogens with zero attached hydrogens (tertiary/aromatic N) is 2. The molecule has 1 fully saturated rings. The highest BCUT2D eigenvalue weighted by atomic mass is 32.1. The van der Waals surface area contributed by atoms with Crippen LogP contribution in [0.3, 0.4) is 0 Å². The van der Waals surface area contributed by atoms with E-state index in [9.17, 15) is 24.9 Å². The predicted octanol–water partition coefficient (Wildman–Crippen LogP) is 5.05. The van der Waals surface area contributed by atoms with Crippen molar-refractivity contribution in [1.29, 1.82) is 0 Å². The van der Waals surface area contributed by atoms with Gasteiger partial charge >= 0.3 is 0 Å². The summed E-state index contributed by atoms with van der Waals surface area (Å²) in [5.74, 6) is -2.04. The van der Waals surface area contributed by atoms with E-state index in [1.807, 2.05) is 60.8 Å². The SMILES string of the molecule is CCC1=C([C@H](O)CC/C(=C/c2ccc(O)cc2)c2ccccn2)[C@H](CO)[C@@H]2C(=O)N(Cc3cccs3)C(=O)[C@@H]2C1. The minimum atomic E-state index is -0.880. The second-order valence-electron chi connectivity index (χ2n) is 10.4. The molecule has 2 amide bonds. The van der Waals surface area contributed by atoms with Crippen molar-refractivity contribution in [2.24, 2.45) is 17.8 Å². The summed E-state index contributed by atoms with van der Waals surface area (Å²) in [5.41, 5.74) is 4.27. The quantitative estimate of drug-likeness (QED) is 0.237. The van der Waals surface area contributed by atoms with E-state index in [0.717, 1.165) is 27.3 Å². The number of carbonyl (C=O) groups excluding carboxylic acids is 2. The summed E-state index contributed by atoms with van der Waals surface area (Å²) in [5, 5.41) is 33.7. The molecule has 1 saturated heterocycles. The van der Waals surface area contributed by atoms with E-state index in [4.69, 9.17) is 0 Å². The molecule has 1 aliphatic carbocycles. The van der Waals surface area contributed by atoms with E-state index < -0.39 is 23.9 Å². The first kappa shape index (κ1) is 28.0. The van der Waals surface area contributed by atoms with Gasteiger partial charge in [-0.15, -0.1) is 11.3 Å². The molecule has 208 valence electrons.